The Labute approximate surface area is 119 Å². The molecule has 0 saturated carbocycles. The summed E-state index contributed by atoms with van der Waals surface area (Å²) >= 11 is 0. The topological polar surface area (TPSA) is 89.1 Å². The quantitative estimate of drug-likeness (QED) is 0.401. The highest BCUT2D eigenvalue weighted by Crippen LogP contribution is 2.37. The minimum absolute atomic E-state index is 0.0169. The second kappa shape index (κ2) is 8.14. The lowest BCUT2D eigenvalue weighted by Crippen LogP contribution is -2.32. The number of nitrogens with two attached hydrogens (primary N) is 1. The zero-order chi connectivity index (χ0) is 15.0. The molecule has 0 bridgehead atoms. The van der Waals surface area contributed by atoms with E-state index in [1.54, 1.807) is 12.1 Å². The number of phenolic OH excluding ortho intramolecular Hbond substituents is 1. The zero-order valence-electron chi connectivity index (χ0n) is 12.3. The summed E-state index contributed by atoms with van der Waals surface area (Å²) in [7, 11) is 2.98. The van der Waals surface area contributed by atoms with Crippen LogP contribution in [0.2, 0.25) is 0 Å². The molecule has 0 heterocycles. The van der Waals surface area contributed by atoms with Crippen LogP contribution >= 0.6 is 0 Å². The molecule has 0 saturated heterocycles. The number of nitrogens with zero attached hydrogens (tertiary/aromatic N) is 1. The van der Waals surface area contributed by atoms with Crippen LogP contribution in [0.3, 0.4) is 0 Å². The first-order valence-corrected chi connectivity index (χ1v) is 6.60. The summed E-state index contributed by atoms with van der Waals surface area (Å²) in [6, 6.07) is 3.42. The first-order chi connectivity index (χ1) is 9.62. The third kappa shape index (κ3) is 4.53. The maximum absolute atomic E-state index is 9.81. The zero-order valence-corrected chi connectivity index (χ0v) is 12.3. The van der Waals surface area contributed by atoms with Crippen molar-refractivity contribution in [2.75, 3.05) is 20.8 Å². The first-order valence-electron chi connectivity index (χ1n) is 6.60. The van der Waals surface area contributed by atoms with Gasteiger partial charge < -0.3 is 25.6 Å². The summed E-state index contributed by atoms with van der Waals surface area (Å²) in [5.41, 5.74) is 6.60. The fourth-order valence-electron chi connectivity index (χ4n) is 1.66. The van der Waals surface area contributed by atoms with Crippen LogP contribution in [0.1, 0.15) is 25.3 Å². The Bertz CT molecular complexity index is 436. The smallest absolute Gasteiger partial charge is 0.200 e. The Balaban J connectivity index is 2.74. The van der Waals surface area contributed by atoms with Crippen LogP contribution in [0.5, 0.6) is 17.2 Å². The van der Waals surface area contributed by atoms with Gasteiger partial charge in [0.2, 0.25) is 5.75 Å². The van der Waals surface area contributed by atoms with Gasteiger partial charge in [0, 0.05) is 6.54 Å². The minimum atomic E-state index is -0.0169. The highest BCUT2D eigenvalue weighted by molar-refractivity contribution is 5.77. The molecule has 0 aliphatic heterocycles. The number of methoxy groups -OCH3 is 2. The van der Waals surface area contributed by atoms with E-state index < -0.39 is 0 Å². The average Bonchev–Trinajstić information content (AvgIpc) is 2.46. The second-order valence-electron chi connectivity index (χ2n) is 4.33. The number of rotatable bonds is 7. The first kappa shape index (κ1) is 15.9. The van der Waals surface area contributed by atoms with E-state index in [-0.39, 0.29) is 5.75 Å². The molecule has 0 aliphatic carbocycles. The third-order valence-electron chi connectivity index (χ3n) is 2.81. The highest BCUT2D eigenvalue weighted by atomic mass is 16.5. The van der Waals surface area contributed by atoms with Crippen LogP contribution in [0.25, 0.3) is 0 Å². The van der Waals surface area contributed by atoms with Crippen LogP contribution in [0, 0.1) is 0 Å². The van der Waals surface area contributed by atoms with Crippen molar-refractivity contribution in [2.24, 2.45) is 10.7 Å². The van der Waals surface area contributed by atoms with Crippen molar-refractivity contribution in [1.29, 1.82) is 0 Å². The van der Waals surface area contributed by atoms with Crippen LogP contribution in [0.4, 0.5) is 0 Å². The molecule has 0 aliphatic rings. The summed E-state index contributed by atoms with van der Waals surface area (Å²) in [4.78, 5) is 4.24. The van der Waals surface area contributed by atoms with E-state index >= 15 is 0 Å². The number of aliphatic imine (C=N–C) groups is 1. The summed E-state index contributed by atoms with van der Waals surface area (Å²) in [6.45, 7) is 3.32. The van der Waals surface area contributed by atoms with Gasteiger partial charge in [0.15, 0.2) is 17.5 Å². The van der Waals surface area contributed by atoms with Crippen LogP contribution < -0.4 is 20.5 Å². The van der Waals surface area contributed by atoms with E-state index in [1.807, 2.05) is 0 Å². The number of phenols is 1. The number of aromatic hydroxyl groups is 1. The van der Waals surface area contributed by atoms with Crippen molar-refractivity contribution in [2.45, 2.75) is 26.3 Å². The molecule has 0 fully saturated rings. The second-order valence-corrected chi connectivity index (χ2v) is 4.33. The Hall–Kier alpha value is -2.11. The monoisotopic (exact) mass is 281 g/mol. The summed E-state index contributed by atoms with van der Waals surface area (Å²) in [5, 5.41) is 12.8. The SMILES string of the molecule is CCCCNC(N)=NCc1cc(OC)c(O)c(OC)c1. The number of unbranched alkanes of at least 4 members (excludes halogenated alkanes) is 1. The van der Waals surface area contributed by atoms with Crippen LogP contribution in [-0.4, -0.2) is 31.8 Å². The molecule has 0 atom stereocenters. The number of benzene rings is 1. The number of hydrogen-bond donors (Lipinski definition) is 3. The highest BCUT2D eigenvalue weighted by Gasteiger charge is 2.10. The van der Waals surface area contributed by atoms with Crippen LogP contribution in [-0.2, 0) is 6.54 Å². The lowest BCUT2D eigenvalue weighted by Gasteiger charge is -2.10. The van der Waals surface area contributed by atoms with Crippen LogP contribution in [0.15, 0.2) is 17.1 Å². The van der Waals surface area contributed by atoms with Gasteiger partial charge in [-0.3, -0.25) is 0 Å². The predicted molar refractivity (Wildman–Crippen MR) is 79.4 cm³/mol. The largest absolute Gasteiger partial charge is 0.502 e. The van der Waals surface area contributed by atoms with E-state index in [9.17, 15) is 5.11 Å². The third-order valence-corrected chi connectivity index (χ3v) is 2.81. The lowest BCUT2D eigenvalue weighted by molar-refractivity contribution is 0.339. The molecule has 0 unspecified atom stereocenters. The Morgan fingerprint density at radius 2 is 1.90 bits per heavy atom. The summed E-state index contributed by atoms with van der Waals surface area (Å²) in [6.07, 6.45) is 2.16. The molecule has 0 radical (unpaired) electrons. The fourth-order valence-corrected chi connectivity index (χ4v) is 1.66. The van der Waals surface area contributed by atoms with Crippen molar-refractivity contribution >= 4 is 5.96 Å². The standard InChI is InChI=1S/C14H23N3O3/c1-4-5-6-16-14(15)17-9-10-7-11(19-2)13(18)12(8-10)20-3/h7-8,18H,4-6,9H2,1-3H3,(H3,15,16,17). The van der Waals surface area contributed by atoms with Gasteiger partial charge in [-0.1, -0.05) is 13.3 Å². The molecule has 6 heteroatoms. The molecule has 6 nitrogen and oxygen atoms in total. The summed E-state index contributed by atoms with van der Waals surface area (Å²) < 4.78 is 10.2. The van der Waals surface area contributed by atoms with Gasteiger partial charge in [-0.05, 0) is 24.1 Å². The van der Waals surface area contributed by atoms with Gasteiger partial charge in [0.1, 0.15) is 0 Å². The molecule has 1 aromatic rings. The molecule has 4 N–H and O–H groups in total. The Kier molecular flexibility index (Phi) is 6.49. The molecule has 0 aromatic heterocycles. The van der Waals surface area contributed by atoms with Crippen molar-refractivity contribution in [3.05, 3.63) is 17.7 Å². The molecule has 0 spiro atoms. The van der Waals surface area contributed by atoms with E-state index in [4.69, 9.17) is 15.2 Å². The van der Waals surface area contributed by atoms with E-state index in [2.05, 4.69) is 17.2 Å². The average molecular weight is 281 g/mol. The number of nitrogens with one attached hydrogen (secondary N) is 1. The molecule has 112 valence electrons. The van der Waals surface area contributed by atoms with Crippen molar-refractivity contribution in [3.63, 3.8) is 0 Å². The number of guanidine groups is 1. The molecular weight excluding hydrogens is 258 g/mol. The van der Waals surface area contributed by atoms with Crippen molar-refractivity contribution in [1.82, 2.24) is 5.32 Å². The van der Waals surface area contributed by atoms with Gasteiger partial charge in [0.05, 0.1) is 20.8 Å². The normalized spacial score (nSPS) is 11.2. The van der Waals surface area contributed by atoms with E-state index in [0.29, 0.717) is 24.0 Å². The van der Waals surface area contributed by atoms with Crippen molar-refractivity contribution in [3.8, 4) is 17.2 Å². The lowest BCUT2D eigenvalue weighted by atomic mass is 10.2. The molecule has 20 heavy (non-hydrogen) atoms. The molecular formula is C14H23N3O3. The maximum Gasteiger partial charge on any atom is 0.200 e. The Morgan fingerprint density at radius 3 is 2.40 bits per heavy atom. The number of ether oxygens (including phenoxy) is 2. The van der Waals surface area contributed by atoms with Gasteiger partial charge >= 0.3 is 0 Å². The summed E-state index contributed by atoms with van der Waals surface area (Å²) in [5.74, 6) is 1.10. The minimum Gasteiger partial charge on any atom is -0.502 e. The van der Waals surface area contributed by atoms with Gasteiger partial charge in [-0.2, -0.15) is 0 Å². The van der Waals surface area contributed by atoms with Gasteiger partial charge in [-0.15, -0.1) is 0 Å². The predicted octanol–water partition coefficient (Wildman–Crippen LogP) is 1.61. The Morgan fingerprint density at radius 1 is 1.30 bits per heavy atom. The van der Waals surface area contributed by atoms with Gasteiger partial charge in [-0.25, -0.2) is 4.99 Å². The molecule has 0 amide bonds. The van der Waals surface area contributed by atoms with E-state index in [0.717, 1.165) is 24.9 Å². The molecule has 1 rings (SSSR count). The maximum atomic E-state index is 9.81. The molecule has 1 aromatic carbocycles. The van der Waals surface area contributed by atoms with E-state index in [1.165, 1.54) is 14.2 Å². The van der Waals surface area contributed by atoms with Gasteiger partial charge in [0.25, 0.3) is 0 Å². The fraction of sp³-hybridized carbons (Fsp3) is 0.500. The number of hydrogen-bond acceptors (Lipinski definition) is 4. The van der Waals surface area contributed by atoms with Crippen molar-refractivity contribution < 1.29 is 14.6 Å².